The third-order valence-electron chi connectivity index (χ3n) is 11.4. The molecular weight excluding hydrogens is 410 g/mol. The van der Waals surface area contributed by atoms with E-state index in [4.69, 9.17) is 18.9 Å². The first-order valence-corrected chi connectivity index (χ1v) is 12.6. The van der Waals surface area contributed by atoms with Crippen molar-refractivity contribution in [3.63, 3.8) is 0 Å². The van der Waals surface area contributed by atoms with Crippen LogP contribution in [-0.4, -0.2) is 99.3 Å². The molecule has 6 fully saturated rings. The highest BCUT2D eigenvalue weighted by atomic mass is 16.5. The molecule has 32 heavy (non-hydrogen) atoms. The quantitative estimate of drug-likeness (QED) is 0.627. The number of aliphatic hydroxyl groups is 2. The largest absolute Gasteiger partial charge is 0.392 e. The van der Waals surface area contributed by atoms with Gasteiger partial charge in [-0.05, 0) is 31.7 Å². The highest BCUT2D eigenvalue weighted by Gasteiger charge is 2.86. The SMILES string of the molecule is CCN1C[C@]2(COC)CCC(OC)[C@@]34C5CC6C(OC)C[C@@](O)(C5C6O)C(C(OC)C23)C14. The zero-order chi connectivity index (χ0) is 22.6. The van der Waals surface area contributed by atoms with Crippen LogP contribution in [0.25, 0.3) is 0 Å². The maximum Gasteiger partial charge on any atom is 0.0796 e. The first kappa shape index (κ1) is 22.2. The van der Waals surface area contributed by atoms with Crippen LogP contribution in [0.1, 0.15) is 32.6 Å². The molecule has 6 aliphatic rings. The summed E-state index contributed by atoms with van der Waals surface area (Å²) in [6, 6.07) is 0.186. The van der Waals surface area contributed by atoms with Gasteiger partial charge in [-0.25, -0.2) is 0 Å². The summed E-state index contributed by atoms with van der Waals surface area (Å²) in [5.41, 5.74) is -1.18. The molecule has 5 saturated carbocycles. The van der Waals surface area contributed by atoms with Crippen LogP contribution in [-0.2, 0) is 18.9 Å². The van der Waals surface area contributed by atoms with E-state index in [1.807, 2.05) is 21.3 Å². The Morgan fingerprint density at radius 1 is 1.06 bits per heavy atom. The lowest BCUT2D eigenvalue weighted by Gasteiger charge is -2.69. The number of ether oxygens (including phenoxy) is 4. The summed E-state index contributed by atoms with van der Waals surface area (Å²) in [4.78, 5) is 2.62. The summed E-state index contributed by atoms with van der Waals surface area (Å²) in [6.45, 7) is 4.86. The average Bonchev–Trinajstić information content (AvgIpc) is 3.19. The molecule has 2 N–H and O–H groups in total. The molecular formula is C25H41NO6. The lowest BCUT2D eigenvalue weighted by Crippen LogP contribution is -2.76. The molecule has 6 rings (SSSR count). The lowest BCUT2D eigenvalue weighted by atomic mass is 9.43. The van der Waals surface area contributed by atoms with E-state index in [2.05, 4.69) is 11.8 Å². The standard InChI is InChI=1S/C25H41NO6/c1-6-26-11-23(12-29-2)8-7-16(31-4)25-14-9-13-15(30-3)10-24(28,17(14)19(13)27)18(22(25)26)20(32-5)21(23)25/h13-22,27-28H,6-12H2,1-5H3/t13?,14?,15?,16?,17?,18?,19?,20?,21?,22?,23-,24+,25-/m0/s1. The summed E-state index contributed by atoms with van der Waals surface area (Å²) in [7, 11) is 7.23. The number of rotatable bonds is 6. The van der Waals surface area contributed by atoms with Crippen LogP contribution in [0.3, 0.4) is 0 Å². The molecule has 7 nitrogen and oxygen atoms in total. The van der Waals surface area contributed by atoms with Gasteiger partial charge in [-0.2, -0.15) is 0 Å². The molecule has 10 unspecified atom stereocenters. The van der Waals surface area contributed by atoms with Gasteiger partial charge in [0.1, 0.15) is 0 Å². The maximum atomic E-state index is 12.6. The van der Waals surface area contributed by atoms with Gasteiger partial charge in [-0.3, -0.25) is 4.90 Å². The number of hydrogen-bond acceptors (Lipinski definition) is 7. The van der Waals surface area contributed by atoms with Crippen molar-refractivity contribution in [1.82, 2.24) is 4.90 Å². The molecule has 7 bridgehead atoms. The smallest absolute Gasteiger partial charge is 0.0796 e. The predicted octanol–water partition coefficient (Wildman–Crippen LogP) is 1.16. The van der Waals surface area contributed by atoms with Gasteiger partial charge in [-0.1, -0.05) is 6.92 Å². The van der Waals surface area contributed by atoms with Crippen LogP contribution < -0.4 is 0 Å². The van der Waals surface area contributed by atoms with Crippen LogP contribution in [0.5, 0.6) is 0 Å². The Balaban J connectivity index is 1.63. The summed E-state index contributed by atoms with van der Waals surface area (Å²) >= 11 is 0. The Labute approximate surface area is 191 Å². The zero-order valence-corrected chi connectivity index (χ0v) is 20.2. The normalized spacial score (nSPS) is 60.1. The van der Waals surface area contributed by atoms with Crippen LogP contribution in [0.15, 0.2) is 0 Å². The number of piperidine rings is 1. The van der Waals surface area contributed by atoms with Gasteiger partial charge in [0, 0.05) is 81.9 Å². The Morgan fingerprint density at radius 3 is 2.47 bits per heavy atom. The van der Waals surface area contributed by atoms with Gasteiger partial charge < -0.3 is 29.2 Å². The van der Waals surface area contributed by atoms with E-state index in [0.717, 1.165) is 32.4 Å². The molecule has 1 saturated heterocycles. The van der Waals surface area contributed by atoms with Crippen LogP contribution >= 0.6 is 0 Å². The molecule has 7 heteroatoms. The lowest BCUT2D eigenvalue weighted by molar-refractivity contribution is -0.276. The third-order valence-corrected chi connectivity index (χ3v) is 11.4. The van der Waals surface area contributed by atoms with Crippen LogP contribution in [0, 0.1) is 40.4 Å². The highest BCUT2D eigenvalue weighted by molar-refractivity contribution is 5.35. The fourth-order valence-electron chi connectivity index (χ4n) is 11.0. The van der Waals surface area contributed by atoms with E-state index in [-0.39, 0.29) is 64.8 Å². The molecule has 13 atom stereocenters. The minimum atomic E-state index is -0.999. The topological polar surface area (TPSA) is 80.6 Å². The summed E-state index contributed by atoms with van der Waals surface area (Å²) in [6.07, 6.45) is 2.89. The minimum Gasteiger partial charge on any atom is -0.392 e. The second kappa shape index (κ2) is 7.12. The molecule has 0 amide bonds. The van der Waals surface area contributed by atoms with Gasteiger partial charge in [-0.15, -0.1) is 0 Å². The maximum absolute atomic E-state index is 12.6. The van der Waals surface area contributed by atoms with Crippen molar-refractivity contribution in [3.8, 4) is 0 Å². The third kappa shape index (κ3) is 2.19. The zero-order valence-electron chi connectivity index (χ0n) is 20.2. The molecule has 1 aliphatic heterocycles. The van der Waals surface area contributed by atoms with Crippen molar-refractivity contribution >= 4 is 0 Å². The van der Waals surface area contributed by atoms with Gasteiger partial charge >= 0.3 is 0 Å². The van der Waals surface area contributed by atoms with Crippen molar-refractivity contribution in [2.24, 2.45) is 40.4 Å². The Kier molecular flexibility index (Phi) is 4.94. The number of likely N-dealkylation sites (tertiary alicyclic amines) is 1. The second-order valence-electron chi connectivity index (χ2n) is 11.8. The minimum absolute atomic E-state index is 0.0234. The van der Waals surface area contributed by atoms with E-state index in [9.17, 15) is 10.2 Å². The Hall–Kier alpha value is -0.280. The van der Waals surface area contributed by atoms with E-state index >= 15 is 0 Å². The molecule has 0 radical (unpaired) electrons. The molecule has 182 valence electrons. The molecule has 0 aromatic rings. The fraction of sp³-hybridized carbons (Fsp3) is 1.00. The first-order chi connectivity index (χ1) is 15.4. The van der Waals surface area contributed by atoms with E-state index in [1.54, 1.807) is 7.11 Å². The number of nitrogens with zero attached hydrogens (tertiary/aromatic N) is 1. The fourth-order valence-corrected chi connectivity index (χ4v) is 11.0. The predicted molar refractivity (Wildman–Crippen MR) is 117 cm³/mol. The molecule has 5 aliphatic carbocycles. The Bertz CT molecular complexity index is 767. The summed E-state index contributed by atoms with van der Waals surface area (Å²) < 4.78 is 24.5. The van der Waals surface area contributed by atoms with Crippen LogP contribution in [0.2, 0.25) is 0 Å². The highest BCUT2D eigenvalue weighted by Crippen LogP contribution is 2.79. The van der Waals surface area contributed by atoms with Crippen molar-refractivity contribution in [3.05, 3.63) is 0 Å². The van der Waals surface area contributed by atoms with Crippen molar-refractivity contribution in [2.75, 3.05) is 48.1 Å². The average molecular weight is 452 g/mol. The molecule has 1 spiro atoms. The molecule has 0 aromatic carbocycles. The van der Waals surface area contributed by atoms with Gasteiger partial charge in [0.25, 0.3) is 0 Å². The Morgan fingerprint density at radius 2 is 1.84 bits per heavy atom. The molecule has 1 heterocycles. The van der Waals surface area contributed by atoms with E-state index in [1.165, 1.54) is 0 Å². The number of hydrogen-bond donors (Lipinski definition) is 2. The van der Waals surface area contributed by atoms with Crippen molar-refractivity contribution in [1.29, 1.82) is 0 Å². The number of aliphatic hydroxyl groups excluding tert-OH is 1. The second-order valence-corrected chi connectivity index (χ2v) is 11.8. The first-order valence-electron chi connectivity index (χ1n) is 12.6. The van der Waals surface area contributed by atoms with E-state index in [0.29, 0.717) is 13.0 Å². The van der Waals surface area contributed by atoms with Gasteiger partial charge in [0.2, 0.25) is 0 Å². The van der Waals surface area contributed by atoms with Gasteiger partial charge in [0.15, 0.2) is 0 Å². The monoisotopic (exact) mass is 451 g/mol. The van der Waals surface area contributed by atoms with Crippen LogP contribution in [0.4, 0.5) is 0 Å². The van der Waals surface area contributed by atoms with Gasteiger partial charge in [0.05, 0.1) is 36.6 Å². The summed E-state index contributed by atoms with van der Waals surface area (Å²) in [5, 5.41) is 24.1. The van der Waals surface area contributed by atoms with Crippen molar-refractivity contribution < 1.29 is 29.2 Å². The summed E-state index contributed by atoms with van der Waals surface area (Å²) in [5.74, 6) is 0.310. The van der Waals surface area contributed by atoms with E-state index < -0.39 is 11.7 Å². The number of methoxy groups -OCH3 is 4. The number of fused-ring (bicyclic) bond motifs is 2. The van der Waals surface area contributed by atoms with Crippen molar-refractivity contribution in [2.45, 2.75) is 68.7 Å². The molecule has 0 aromatic heterocycles.